The number of benzene rings is 2. The van der Waals surface area contributed by atoms with Crippen molar-refractivity contribution in [1.29, 1.82) is 0 Å². The van der Waals surface area contributed by atoms with E-state index in [-0.39, 0.29) is 5.91 Å². The topological polar surface area (TPSA) is 50.7 Å². The summed E-state index contributed by atoms with van der Waals surface area (Å²) in [5.74, 6) is 0.375. The van der Waals surface area contributed by atoms with E-state index in [1.165, 1.54) is 24.7 Å². The highest BCUT2D eigenvalue weighted by Gasteiger charge is 2.20. The van der Waals surface area contributed by atoms with Gasteiger partial charge in [-0.15, -0.1) is 0 Å². The molecule has 1 aliphatic carbocycles. The lowest BCUT2D eigenvalue weighted by Crippen LogP contribution is -2.29. The van der Waals surface area contributed by atoms with Crippen LogP contribution in [0.4, 0.5) is 0 Å². The van der Waals surface area contributed by atoms with Crippen LogP contribution in [-0.2, 0) is 11.3 Å². The van der Waals surface area contributed by atoms with Gasteiger partial charge in [0.1, 0.15) is 7.11 Å². The Bertz CT molecular complexity index is 723. The van der Waals surface area contributed by atoms with Crippen molar-refractivity contribution >= 4 is 12.1 Å². The molecule has 4 nitrogen and oxygen atoms in total. The van der Waals surface area contributed by atoms with Crippen molar-refractivity contribution in [2.75, 3.05) is 13.7 Å². The third-order valence-electron chi connectivity index (χ3n) is 4.48. The van der Waals surface area contributed by atoms with E-state index in [9.17, 15) is 4.79 Å². The zero-order valence-electron chi connectivity index (χ0n) is 13.9. The lowest BCUT2D eigenvalue weighted by Gasteiger charge is -2.25. The van der Waals surface area contributed by atoms with Crippen LogP contribution in [0.1, 0.15) is 45.8 Å². The van der Waals surface area contributed by atoms with Gasteiger partial charge < -0.3 is 10.2 Å². The predicted molar refractivity (Wildman–Crippen MR) is 95.5 cm³/mol. The molecule has 0 fully saturated rings. The Balaban J connectivity index is 1.61. The third-order valence-corrected chi connectivity index (χ3v) is 4.48. The fraction of sp³-hybridized carbons (Fsp3) is 0.300. The average molecular weight is 322 g/mol. The molecule has 0 radical (unpaired) electrons. The Kier molecular flexibility index (Phi) is 5.26. The minimum Gasteiger partial charge on any atom is -0.399 e. The van der Waals surface area contributed by atoms with Crippen LogP contribution in [-0.4, -0.2) is 25.8 Å². The number of amides is 1. The Morgan fingerprint density at radius 2 is 2.04 bits per heavy atom. The molecule has 2 aromatic carbocycles. The molecule has 2 aromatic rings. The predicted octanol–water partition coefficient (Wildman–Crippen LogP) is 3.52. The lowest BCUT2D eigenvalue weighted by atomic mass is 9.83. The Labute approximate surface area is 142 Å². The fourth-order valence-corrected chi connectivity index (χ4v) is 3.22. The van der Waals surface area contributed by atoms with Gasteiger partial charge in [0.15, 0.2) is 0 Å². The fourth-order valence-electron chi connectivity index (χ4n) is 3.22. The van der Waals surface area contributed by atoms with Gasteiger partial charge in [-0.1, -0.05) is 41.6 Å². The third kappa shape index (κ3) is 3.82. The van der Waals surface area contributed by atoms with E-state index < -0.39 is 0 Å². The van der Waals surface area contributed by atoms with Gasteiger partial charge in [-0.25, -0.2) is 0 Å². The van der Waals surface area contributed by atoms with Gasteiger partial charge in [-0.3, -0.25) is 4.79 Å². The maximum atomic E-state index is 12.4. The van der Waals surface area contributed by atoms with Crippen LogP contribution in [0.2, 0.25) is 0 Å². The van der Waals surface area contributed by atoms with Gasteiger partial charge in [0.2, 0.25) is 0 Å². The highest BCUT2D eigenvalue weighted by atomic mass is 16.6. The van der Waals surface area contributed by atoms with Gasteiger partial charge in [0.05, 0.1) is 6.21 Å². The molecule has 0 aliphatic heterocycles. The SMILES string of the molecule is CO/N=C/c1ccc(C(=O)NCC2CCCc3ccccc32)cc1. The summed E-state index contributed by atoms with van der Waals surface area (Å²) in [6.45, 7) is 0.683. The normalized spacial score (nSPS) is 16.6. The molecule has 0 saturated heterocycles. The minimum atomic E-state index is -0.0340. The van der Waals surface area contributed by atoms with Crippen molar-refractivity contribution in [3.8, 4) is 0 Å². The number of nitrogens with zero attached hydrogens (tertiary/aromatic N) is 1. The summed E-state index contributed by atoms with van der Waals surface area (Å²) in [6, 6.07) is 15.9. The highest BCUT2D eigenvalue weighted by Crippen LogP contribution is 2.30. The minimum absolute atomic E-state index is 0.0340. The molecule has 0 aromatic heterocycles. The van der Waals surface area contributed by atoms with E-state index in [4.69, 9.17) is 0 Å². The first-order valence-corrected chi connectivity index (χ1v) is 8.30. The molecule has 24 heavy (non-hydrogen) atoms. The quantitative estimate of drug-likeness (QED) is 0.676. The summed E-state index contributed by atoms with van der Waals surface area (Å²) in [4.78, 5) is 17.0. The number of hydrogen-bond acceptors (Lipinski definition) is 3. The van der Waals surface area contributed by atoms with Crippen molar-refractivity contribution in [3.63, 3.8) is 0 Å². The molecule has 1 atom stereocenters. The molecule has 3 rings (SSSR count). The van der Waals surface area contributed by atoms with Crippen LogP contribution in [0.5, 0.6) is 0 Å². The van der Waals surface area contributed by atoms with E-state index in [0.717, 1.165) is 18.4 Å². The molecule has 124 valence electrons. The van der Waals surface area contributed by atoms with E-state index in [2.05, 4.69) is 39.6 Å². The second kappa shape index (κ2) is 7.77. The maximum Gasteiger partial charge on any atom is 0.251 e. The van der Waals surface area contributed by atoms with E-state index in [1.54, 1.807) is 18.3 Å². The zero-order valence-corrected chi connectivity index (χ0v) is 13.9. The second-order valence-corrected chi connectivity index (χ2v) is 6.04. The standard InChI is InChI=1S/C20H22N2O2/c1-24-22-13-15-9-11-17(12-10-15)20(23)21-14-18-7-4-6-16-5-2-3-8-19(16)18/h2-3,5,8-13,18H,4,6-7,14H2,1H3,(H,21,23)/b22-13+. The molecule has 0 heterocycles. The molecule has 0 saturated carbocycles. The molecular weight excluding hydrogens is 300 g/mol. The van der Waals surface area contributed by atoms with E-state index >= 15 is 0 Å². The number of oxime groups is 1. The van der Waals surface area contributed by atoms with Crippen molar-refractivity contribution in [3.05, 3.63) is 70.8 Å². The van der Waals surface area contributed by atoms with Crippen LogP contribution in [0.25, 0.3) is 0 Å². The number of aryl methyl sites for hydroxylation is 1. The number of nitrogens with one attached hydrogen (secondary N) is 1. The van der Waals surface area contributed by atoms with E-state index in [1.807, 2.05) is 12.1 Å². The van der Waals surface area contributed by atoms with Crippen LogP contribution >= 0.6 is 0 Å². The number of rotatable bonds is 5. The first-order chi connectivity index (χ1) is 11.8. The molecule has 1 aliphatic rings. The molecule has 1 unspecified atom stereocenters. The monoisotopic (exact) mass is 322 g/mol. The maximum absolute atomic E-state index is 12.4. The number of hydrogen-bond donors (Lipinski definition) is 1. The summed E-state index contributed by atoms with van der Waals surface area (Å²) in [5, 5.41) is 6.78. The van der Waals surface area contributed by atoms with Crippen molar-refractivity contribution < 1.29 is 9.63 Å². The number of carbonyl (C=O) groups excluding carboxylic acids is 1. The Hall–Kier alpha value is -2.62. The zero-order chi connectivity index (χ0) is 16.8. The smallest absolute Gasteiger partial charge is 0.251 e. The largest absolute Gasteiger partial charge is 0.399 e. The van der Waals surface area contributed by atoms with E-state index in [0.29, 0.717) is 18.0 Å². The molecule has 0 bridgehead atoms. The van der Waals surface area contributed by atoms with Crippen molar-refractivity contribution in [2.24, 2.45) is 5.16 Å². The summed E-state index contributed by atoms with van der Waals surface area (Å²) >= 11 is 0. The van der Waals surface area contributed by atoms with Gasteiger partial charge in [-0.2, -0.15) is 0 Å². The summed E-state index contributed by atoms with van der Waals surface area (Å²) in [5.41, 5.74) is 4.36. The van der Waals surface area contributed by atoms with Gasteiger partial charge in [0, 0.05) is 18.0 Å². The molecular formula is C20H22N2O2. The molecule has 0 spiro atoms. The number of fused-ring (bicyclic) bond motifs is 1. The summed E-state index contributed by atoms with van der Waals surface area (Å²) < 4.78 is 0. The number of carbonyl (C=O) groups is 1. The van der Waals surface area contributed by atoms with Crippen LogP contribution in [0.3, 0.4) is 0 Å². The first kappa shape index (κ1) is 16.2. The summed E-state index contributed by atoms with van der Waals surface area (Å²) in [6.07, 6.45) is 5.07. The first-order valence-electron chi connectivity index (χ1n) is 8.30. The average Bonchev–Trinajstić information content (AvgIpc) is 2.64. The second-order valence-electron chi connectivity index (χ2n) is 6.04. The van der Waals surface area contributed by atoms with Crippen molar-refractivity contribution in [1.82, 2.24) is 5.32 Å². The lowest BCUT2D eigenvalue weighted by molar-refractivity contribution is 0.0950. The Morgan fingerprint density at radius 3 is 2.83 bits per heavy atom. The highest BCUT2D eigenvalue weighted by molar-refractivity contribution is 5.95. The van der Waals surface area contributed by atoms with Crippen LogP contribution in [0.15, 0.2) is 53.7 Å². The summed E-state index contributed by atoms with van der Waals surface area (Å²) in [7, 11) is 1.50. The van der Waals surface area contributed by atoms with Gasteiger partial charge in [-0.05, 0) is 48.1 Å². The molecule has 1 N–H and O–H groups in total. The molecule has 4 heteroatoms. The van der Waals surface area contributed by atoms with Gasteiger partial charge >= 0.3 is 0 Å². The van der Waals surface area contributed by atoms with Crippen molar-refractivity contribution in [2.45, 2.75) is 25.2 Å². The van der Waals surface area contributed by atoms with Crippen LogP contribution in [0, 0.1) is 0 Å². The van der Waals surface area contributed by atoms with Crippen LogP contribution < -0.4 is 5.32 Å². The molecule has 1 amide bonds. The van der Waals surface area contributed by atoms with Gasteiger partial charge in [0.25, 0.3) is 5.91 Å². The Morgan fingerprint density at radius 1 is 1.25 bits per heavy atom.